The normalized spacial score (nSPS) is 18.6. The van der Waals surface area contributed by atoms with E-state index in [2.05, 4.69) is 20.1 Å². The molecule has 2 aliphatic heterocycles. The lowest BCUT2D eigenvalue weighted by molar-refractivity contribution is -0.147. The fraction of sp³-hybridized carbons (Fsp3) is 0.571. The van der Waals surface area contributed by atoms with Gasteiger partial charge in [-0.15, -0.1) is 24.0 Å². The van der Waals surface area contributed by atoms with Gasteiger partial charge in [0.2, 0.25) is 11.8 Å². The van der Waals surface area contributed by atoms with E-state index in [-0.39, 0.29) is 35.8 Å². The minimum absolute atomic E-state index is 0. The number of guanidine groups is 1. The maximum Gasteiger partial charge on any atom is 0.416 e. The van der Waals surface area contributed by atoms with Crippen molar-refractivity contribution < 1.29 is 22.8 Å². The Balaban J connectivity index is 0.00000363. The molecule has 32 heavy (non-hydrogen) atoms. The number of amides is 2. The number of imide groups is 1. The lowest BCUT2D eigenvalue weighted by Gasteiger charge is -2.36. The van der Waals surface area contributed by atoms with Gasteiger partial charge in [0.1, 0.15) is 0 Å². The van der Waals surface area contributed by atoms with Crippen molar-refractivity contribution in [3.63, 3.8) is 0 Å². The number of aliphatic imine (C=N–C) groups is 1. The number of hydrogen-bond acceptors (Lipinski definition) is 4. The third-order valence-corrected chi connectivity index (χ3v) is 5.57. The Kier molecular flexibility index (Phi) is 9.74. The highest BCUT2D eigenvalue weighted by atomic mass is 127. The Morgan fingerprint density at radius 3 is 2.16 bits per heavy atom. The van der Waals surface area contributed by atoms with Crippen LogP contribution in [0.15, 0.2) is 29.3 Å². The van der Waals surface area contributed by atoms with Crippen LogP contribution >= 0.6 is 24.0 Å². The first kappa shape index (κ1) is 26.4. The molecule has 11 heteroatoms. The van der Waals surface area contributed by atoms with Crippen LogP contribution in [0.25, 0.3) is 0 Å². The van der Waals surface area contributed by atoms with Gasteiger partial charge in [0.25, 0.3) is 0 Å². The molecule has 0 saturated carbocycles. The molecule has 2 amide bonds. The Morgan fingerprint density at radius 2 is 1.62 bits per heavy atom. The molecule has 0 bridgehead atoms. The summed E-state index contributed by atoms with van der Waals surface area (Å²) in [6, 6.07) is 5.29. The van der Waals surface area contributed by atoms with E-state index in [0.29, 0.717) is 44.9 Å². The zero-order valence-electron chi connectivity index (χ0n) is 18.0. The molecule has 1 N–H and O–H groups in total. The van der Waals surface area contributed by atoms with Gasteiger partial charge in [0.15, 0.2) is 5.96 Å². The van der Waals surface area contributed by atoms with Crippen LogP contribution in [0, 0.1) is 0 Å². The average Bonchev–Trinajstić information content (AvgIpc) is 2.74. The number of carbonyl (C=O) groups excluding carboxylic acids is 2. The second kappa shape index (κ2) is 11.8. The molecule has 0 spiro atoms. The molecule has 1 aromatic carbocycles. The van der Waals surface area contributed by atoms with E-state index in [9.17, 15) is 22.8 Å². The molecular weight excluding hydrogens is 538 g/mol. The van der Waals surface area contributed by atoms with Crippen molar-refractivity contribution in [1.29, 1.82) is 0 Å². The summed E-state index contributed by atoms with van der Waals surface area (Å²) in [6.07, 6.45) is -2.86. The summed E-state index contributed by atoms with van der Waals surface area (Å²) in [7, 11) is 1.69. The highest BCUT2D eigenvalue weighted by molar-refractivity contribution is 14.0. The Morgan fingerprint density at radius 1 is 1.03 bits per heavy atom. The summed E-state index contributed by atoms with van der Waals surface area (Å²) in [5.41, 5.74) is 0.212. The van der Waals surface area contributed by atoms with Gasteiger partial charge in [0, 0.05) is 65.7 Å². The SMILES string of the molecule is CN=C(NCCN1C(=O)CCCC1=O)N1CCN(Cc2ccc(C(F)(F)F)cc2)CC1.I. The topological polar surface area (TPSA) is 68.2 Å². The number of hydrogen-bond donors (Lipinski definition) is 1. The maximum absolute atomic E-state index is 12.7. The van der Waals surface area contributed by atoms with Crippen molar-refractivity contribution in [3.8, 4) is 0 Å². The van der Waals surface area contributed by atoms with Crippen molar-refractivity contribution >= 4 is 41.8 Å². The largest absolute Gasteiger partial charge is 0.416 e. The number of benzene rings is 1. The minimum atomic E-state index is -4.32. The summed E-state index contributed by atoms with van der Waals surface area (Å²) in [5, 5.41) is 3.22. The number of piperazine rings is 1. The fourth-order valence-electron chi connectivity index (χ4n) is 3.84. The van der Waals surface area contributed by atoms with Gasteiger partial charge in [-0.1, -0.05) is 12.1 Å². The zero-order valence-corrected chi connectivity index (χ0v) is 20.4. The minimum Gasteiger partial charge on any atom is -0.354 e. The molecule has 3 rings (SSSR count). The molecule has 7 nitrogen and oxygen atoms in total. The molecule has 0 radical (unpaired) electrons. The van der Waals surface area contributed by atoms with Crippen LogP contribution in [0.1, 0.15) is 30.4 Å². The number of nitrogens with one attached hydrogen (secondary N) is 1. The third kappa shape index (κ3) is 7.06. The van der Waals surface area contributed by atoms with Crippen LogP contribution in [0.5, 0.6) is 0 Å². The van der Waals surface area contributed by atoms with Gasteiger partial charge in [0.05, 0.1) is 5.56 Å². The molecular formula is C21H29F3IN5O2. The molecule has 0 atom stereocenters. The molecule has 1 aromatic rings. The van der Waals surface area contributed by atoms with E-state index in [0.717, 1.165) is 43.9 Å². The fourth-order valence-corrected chi connectivity index (χ4v) is 3.84. The maximum atomic E-state index is 12.7. The molecule has 0 unspecified atom stereocenters. The molecule has 2 saturated heterocycles. The first-order chi connectivity index (χ1) is 14.8. The first-order valence-electron chi connectivity index (χ1n) is 10.4. The van der Waals surface area contributed by atoms with Crippen LogP contribution in [0.2, 0.25) is 0 Å². The van der Waals surface area contributed by atoms with Crippen molar-refractivity contribution in [1.82, 2.24) is 20.0 Å². The van der Waals surface area contributed by atoms with Crippen LogP contribution < -0.4 is 5.32 Å². The number of carbonyl (C=O) groups is 2. The summed E-state index contributed by atoms with van der Waals surface area (Å²) in [5.74, 6) is 0.473. The smallest absolute Gasteiger partial charge is 0.354 e. The van der Waals surface area contributed by atoms with Gasteiger partial charge in [-0.3, -0.25) is 24.4 Å². The van der Waals surface area contributed by atoms with E-state index in [1.807, 2.05) is 0 Å². The molecule has 178 valence electrons. The quantitative estimate of drug-likeness (QED) is 0.257. The monoisotopic (exact) mass is 567 g/mol. The Hall–Kier alpha value is -1.89. The Labute approximate surface area is 203 Å². The van der Waals surface area contributed by atoms with Crippen LogP contribution in [0.4, 0.5) is 13.2 Å². The van der Waals surface area contributed by atoms with Crippen LogP contribution in [0.3, 0.4) is 0 Å². The predicted octanol–water partition coefficient (Wildman–Crippen LogP) is 2.56. The van der Waals surface area contributed by atoms with Gasteiger partial charge in [-0.2, -0.15) is 13.2 Å². The van der Waals surface area contributed by atoms with Crippen molar-refractivity contribution in [2.24, 2.45) is 4.99 Å². The number of halogens is 4. The summed E-state index contributed by atoms with van der Waals surface area (Å²) < 4.78 is 38.1. The molecule has 2 aliphatic rings. The highest BCUT2D eigenvalue weighted by Crippen LogP contribution is 2.29. The number of rotatable bonds is 5. The van der Waals surface area contributed by atoms with E-state index in [1.54, 1.807) is 7.05 Å². The third-order valence-electron chi connectivity index (χ3n) is 5.57. The average molecular weight is 567 g/mol. The number of alkyl halides is 3. The van der Waals surface area contributed by atoms with E-state index in [1.165, 1.54) is 17.0 Å². The van der Waals surface area contributed by atoms with Crippen molar-refractivity contribution in [2.75, 3.05) is 46.3 Å². The highest BCUT2D eigenvalue weighted by Gasteiger charge is 2.30. The van der Waals surface area contributed by atoms with Gasteiger partial charge in [-0.25, -0.2) is 0 Å². The Bertz CT molecular complexity index is 793. The molecule has 2 fully saturated rings. The van der Waals surface area contributed by atoms with Gasteiger partial charge in [-0.05, 0) is 24.1 Å². The van der Waals surface area contributed by atoms with Crippen LogP contribution in [-0.4, -0.2) is 78.8 Å². The molecule has 0 aromatic heterocycles. The van der Waals surface area contributed by atoms with E-state index in [4.69, 9.17) is 0 Å². The lowest BCUT2D eigenvalue weighted by atomic mass is 10.1. The standard InChI is InChI=1S/C21H28F3N5O2.HI/c1-25-20(26-9-10-29-18(30)3-2-4-19(29)31)28-13-11-27(12-14-28)15-16-5-7-17(8-6-16)21(22,23)24;/h5-8H,2-4,9-15H2,1H3,(H,25,26);1H. The van der Waals surface area contributed by atoms with Gasteiger partial charge >= 0.3 is 6.18 Å². The van der Waals surface area contributed by atoms with E-state index < -0.39 is 11.7 Å². The molecule has 0 aliphatic carbocycles. The summed E-state index contributed by atoms with van der Waals surface area (Å²) >= 11 is 0. The zero-order chi connectivity index (χ0) is 22.4. The predicted molar refractivity (Wildman–Crippen MR) is 126 cm³/mol. The second-order valence-electron chi connectivity index (χ2n) is 7.72. The lowest BCUT2D eigenvalue weighted by Crippen LogP contribution is -2.53. The number of likely N-dealkylation sites (tertiary alicyclic amines) is 1. The van der Waals surface area contributed by atoms with Gasteiger partial charge < -0.3 is 10.2 Å². The van der Waals surface area contributed by atoms with Crippen LogP contribution in [-0.2, 0) is 22.3 Å². The molecule has 2 heterocycles. The van der Waals surface area contributed by atoms with E-state index >= 15 is 0 Å². The second-order valence-corrected chi connectivity index (χ2v) is 7.72. The van der Waals surface area contributed by atoms with Crippen molar-refractivity contribution in [2.45, 2.75) is 32.0 Å². The number of nitrogens with zero attached hydrogens (tertiary/aromatic N) is 4. The number of piperidine rings is 1. The summed E-state index contributed by atoms with van der Waals surface area (Å²) in [4.78, 5) is 33.7. The first-order valence-corrected chi connectivity index (χ1v) is 10.4. The summed E-state index contributed by atoms with van der Waals surface area (Å²) in [6.45, 7) is 4.32. The van der Waals surface area contributed by atoms with Crippen molar-refractivity contribution in [3.05, 3.63) is 35.4 Å².